The lowest BCUT2D eigenvalue weighted by Crippen LogP contribution is -2.33. The molecule has 2 nitrogen and oxygen atoms in total. The van der Waals surface area contributed by atoms with Gasteiger partial charge in [-0.15, -0.1) is 0 Å². The van der Waals surface area contributed by atoms with Crippen molar-refractivity contribution in [2.75, 3.05) is 13.1 Å². The molecule has 2 aromatic carbocycles. The van der Waals surface area contributed by atoms with Gasteiger partial charge in [-0.3, -0.25) is 0 Å². The minimum atomic E-state index is 0.0370. The molecule has 0 bridgehead atoms. The molecule has 0 spiro atoms. The number of rotatable bonds is 6. The SMILES string of the molecule is CCCc1ccc(C(OC2CCNCC2)c2ccccc2)cc1. The predicted molar refractivity (Wildman–Crippen MR) is 95.7 cm³/mol. The lowest BCUT2D eigenvalue weighted by Gasteiger charge is -2.29. The van der Waals surface area contributed by atoms with Gasteiger partial charge in [0, 0.05) is 0 Å². The van der Waals surface area contributed by atoms with Crippen LogP contribution in [0.4, 0.5) is 0 Å². The fraction of sp³-hybridized carbons (Fsp3) is 0.429. The number of ether oxygens (including phenoxy) is 1. The number of nitrogens with one attached hydrogen (secondary N) is 1. The second-order valence-electron chi connectivity index (χ2n) is 6.37. The molecule has 0 amide bonds. The highest BCUT2D eigenvalue weighted by Crippen LogP contribution is 2.29. The van der Waals surface area contributed by atoms with Crippen LogP contribution in [-0.2, 0) is 11.2 Å². The largest absolute Gasteiger partial charge is 0.365 e. The molecular formula is C21H27NO. The van der Waals surface area contributed by atoms with Crippen LogP contribution >= 0.6 is 0 Å². The highest BCUT2D eigenvalue weighted by molar-refractivity contribution is 5.32. The first kappa shape index (κ1) is 16.2. The Hall–Kier alpha value is -1.64. The van der Waals surface area contributed by atoms with Crippen LogP contribution in [-0.4, -0.2) is 19.2 Å². The van der Waals surface area contributed by atoms with Gasteiger partial charge in [0.05, 0.1) is 6.10 Å². The molecule has 1 aliphatic rings. The first-order valence-corrected chi connectivity index (χ1v) is 8.87. The summed E-state index contributed by atoms with van der Waals surface area (Å²) in [7, 11) is 0. The van der Waals surface area contributed by atoms with Gasteiger partial charge < -0.3 is 10.1 Å². The van der Waals surface area contributed by atoms with Crippen LogP contribution in [0.15, 0.2) is 54.6 Å². The fourth-order valence-corrected chi connectivity index (χ4v) is 3.25. The summed E-state index contributed by atoms with van der Waals surface area (Å²) < 4.78 is 6.52. The molecule has 1 fully saturated rings. The van der Waals surface area contributed by atoms with Crippen molar-refractivity contribution in [3.63, 3.8) is 0 Å². The maximum Gasteiger partial charge on any atom is 0.108 e. The third-order valence-corrected chi connectivity index (χ3v) is 4.54. The maximum absolute atomic E-state index is 6.52. The van der Waals surface area contributed by atoms with Crippen molar-refractivity contribution in [1.29, 1.82) is 0 Å². The van der Waals surface area contributed by atoms with Gasteiger partial charge >= 0.3 is 0 Å². The zero-order chi connectivity index (χ0) is 15.9. The van der Waals surface area contributed by atoms with Crippen LogP contribution in [0.1, 0.15) is 49.0 Å². The summed E-state index contributed by atoms with van der Waals surface area (Å²) in [6.07, 6.45) is 4.90. The van der Waals surface area contributed by atoms with E-state index in [1.807, 2.05) is 0 Å². The molecular weight excluding hydrogens is 282 g/mol. The smallest absolute Gasteiger partial charge is 0.108 e. The van der Waals surface area contributed by atoms with E-state index in [1.165, 1.54) is 23.1 Å². The molecule has 0 radical (unpaired) electrons. The van der Waals surface area contributed by atoms with E-state index in [2.05, 4.69) is 66.8 Å². The molecule has 1 N–H and O–H groups in total. The van der Waals surface area contributed by atoms with Gasteiger partial charge in [0.25, 0.3) is 0 Å². The number of hydrogen-bond acceptors (Lipinski definition) is 2. The Morgan fingerprint density at radius 2 is 1.61 bits per heavy atom. The molecule has 1 heterocycles. The second kappa shape index (κ2) is 8.28. The summed E-state index contributed by atoms with van der Waals surface area (Å²) in [6.45, 7) is 4.34. The minimum Gasteiger partial charge on any atom is -0.365 e. The summed E-state index contributed by atoms with van der Waals surface area (Å²) in [5, 5.41) is 3.41. The average Bonchev–Trinajstić information content (AvgIpc) is 2.62. The third kappa shape index (κ3) is 4.43. The molecule has 3 rings (SSSR count). The first-order valence-electron chi connectivity index (χ1n) is 8.87. The van der Waals surface area contributed by atoms with E-state index in [1.54, 1.807) is 0 Å². The highest BCUT2D eigenvalue weighted by Gasteiger charge is 2.21. The summed E-state index contributed by atoms with van der Waals surface area (Å²) in [6, 6.07) is 19.6. The van der Waals surface area contributed by atoms with Crippen molar-refractivity contribution in [2.24, 2.45) is 0 Å². The van der Waals surface area contributed by atoms with E-state index >= 15 is 0 Å². The molecule has 0 aromatic heterocycles. The van der Waals surface area contributed by atoms with Crippen molar-refractivity contribution in [3.05, 3.63) is 71.3 Å². The Bertz CT molecular complexity index is 573. The number of piperidine rings is 1. The van der Waals surface area contributed by atoms with Gasteiger partial charge in [-0.2, -0.15) is 0 Å². The molecule has 122 valence electrons. The molecule has 2 aromatic rings. The summed E-state index contributed by atoms with van der Waals surface area (Å²) >= 11 is 0. The van der Waals surface area contributed by atoms with Gasteiger partial charge in [0.1, 0.15) is 6.10 Å². The second-order valence-corrected chi connectivity index (χ2v) is 6.37. The topological polar surface area (TPSA) is 21.3 Å². The number of aryl methyl sites for hydroxylation is 1. The minimum absolute atomic E-state index is 0.0370. The molecule has 1 atom stereocenters. The quantitative estimate of drug-likeness (QED) is 0.848. The molecule has 23 heavy (non-hydrogen) atoms. The van der Waals surface area contributed by atoms with Gasteiger partial charge in [0.15, 0.2) is 0 Å². The van der Waals surface area contributed by atoms with Crippen LogP contribution in [0.3, 0.4) is 0 Å². The van der Waals surface area contributed by atoms with Crippen molar-refractivity contribution in [3.8, 4) is 0 Å². The van der Waals surface area contributed by atoms with Gasteiger partial charge in [-0.05, 0) is 49.0 Å². The van der Waals surface area contributed by atoms with Crippen LogP contribution in [0.25, 0.3) is 0 Å². The zero-order valence-corrected chi connectivity index (χ0v) is 14.0. The summed E-state index contributed by atoms with van der Waals surface area (Å²) in [5.41, 5.74) is 3.91. The van der Waals surface area contributed by atoms with E-state index in [9.17, 15) is 0 Å². The first-order chi connectivity index (χ1) is 11.4. The third-order valence-electron chi connectivity index (χ3n) is 4.54. The maximum atomic E-state index is 6.52. The molecule has 1 saturated heterocycles. The molecule has 1 unspecified atom stereocenters. The van der Waals surface area contributed by atoms with Gasteiger partial charge in [-0.1, -0.05) is 67.9 Å². The predicted octanol–water partition coefficient (Wildman–Crippen LogP) is 4.50. The fourth-order valence-electron chi connectivity index (χ4n) is 3.25. The van der Waals surface area contributed by atoms with E-state index in [4.69, 9.17) is 4.74 Å². The monoisotopic (exact) mass is 309 g/mol. The average molecular weight is 309 g/mol. The van der Waals surface area contributed by atoms with E-state index in [0.717, 1.165) is 32.4 Å². The van der Waals surface area contributed by atoms with Crippen LogP contribution in [0, 0.1) is 0 Å². The van der Waals surface area contributed by atoms with E-state index in [-0.39, 0.29) is 6.10 Å². The number of hydrogen-bond donors (Lipinski definition) is 1. The molecule has 0 aliphatic carbocycles. The van der Waals surface area contributed by atoms with Crippen LogP contribution in [0.2, 0.25) is 0 Å². The van der Waals surface area contributed by atoms with E-state index in [0.29, 0.717) is 6.10 Å². The Morgan fingerprint density at radius 3 is 2.26 bits per heavy atom. The molecule has 0 saturated carbocycles. The normalized spacial score (nSPS) is 17.1. The Labute approximate surface area is 139 Å². The van der Waals surface area contributed by atoms with Crippen molar-refractivity contribution >= 4 is 0 Å². The van der Waals surface area contributed by atoms with Crippen molar-refractivity contribution in [1.82, 2.24) is 5.32 Å². The lowest BCUT2D eigenvalue weighted by atomic mass is 9.98. The van der Waals surface area contributed by atoms with Crippen LogP contribution in [0.5, 0.6) is 0 Å². The van der Waals surface area contributed by atoms with Gasteiger partial charge in [-0.25, -0.2) is 0 Å². The summed E-state index contributed by atoms with van der Waals surface area (Å²) in [4.78, 5) is 0. The Kier molecular flexibility index (Phi) is 5.84. The Morgan fingerprint density at radius 1 is 0.957 bits per heavy atom. The number of benzene rings is 2. The zero-order valence-electron chi connectivity index (χ0n) is 14.0. The van der Waals surface area contributed by atoms with Gasteiger partial charge in [0.2, 0.25) is 0 Å². The van der Waals surface area contributed by atoms with Crippen molar-refractivity contribution in [2.45, 2.75) is 44.8 Å². The standard InChI is InChI=1S/C21H27NO/c1-2-6-17-9-11-19(12-10-17)21(18-7-4-3-5-8-18)23-20-13-15-22-16-14-20/h3-5,7-12,20-22H,2,6,13-16H2,1H3. The van der Waals surface area contributed by atoms with Crippen LogP contribution < -0.4 is 5.32 Å². The molecule has 1 aliphatic heterocycles. The molecule has 2 heteroatoms. The van der Waals surface area contributed by atoms with Crippen molar-refractivity contribution < 1.29 is 4.74 Å². The lowest BCUT2D eigenvalue weighted by molar-refractivity contribution is -0.00805. The highest BCUT2D eigenvalue weighted by atomic mass is 16.5. The van der Waals surface area contributed by atoms with E-state index < -0.39 is 0 Å². The summed E-state index contributed by atoms with van der Waals surface area (Å²) in [5.74, 6) is 0. The Balaban J connectivity index is 1.81.